The number of carbonyl (C=O) groups is 2. The predicted molar refractivity (Wildman–Crippen MR) is 162 cm³/mol. The lowest BCUT2D eigenvalue weighted by atomic mass is 9.88. The molecule has 4 aromatic rings. The topological polar surface area (TPSA) is 85.8 Å². The highest BCUT2D eigenvalue weighted by Gasteiger charge is 2.42. The lowest BCUT2D eigenvalue weighted by Crippen LogP contribution is -2.37. The van der Waals surface area contributed by atoms with Gasteiger partial charge < -0.3 is 14.9 Å². The number of benzene rings is 3. The first kappa shape index (κ1) is 29.2. The number of hydrogen-bond donors (Lipinski definition) is 2. The number of aromatic nitrogens is 1. The number of thiazole rings is 1. The molecule has 1 aromatic heterocycles. The van der Waals surface area contributed by atoms with Crippen LogP contribution < -0.4 is 5.32 Å². The molecule has 3 heterocycles. The first-order valence-electron chi connectivity index (χ1n) is 14.1. The van der Waals surface area contributed by atoms with Crippen LogP contribution in [-0.2, 0) is 11.3 Å². The molecule has 1 atom stereocenters. The SMILES string of the molecule is CCN1CCC(c2ccc(-c3cc(F)c4c(c3Cl)C(=O)N([C@@H](C(=O)Nc3nccs3)c3cc(F)ccc3O)C4)cc2)CC1. The Hall–Kier alpha value is -3.86. The smallest absolute Gasteiger partial charge is 0.257 e. The van der Waals surface area contributed by atoms with Gasteiger partial charge in [-0.1, -0.05) is 42.8 Å². The van der Waals surface area contributed by atoms with Crippen LogP contribution in [0.4, 0.5) is 13.9 Å². The summed E-state index contributed by atoms with van der Waals surface area (Å²) < 4.78 is 30.0. The van der Waals surface area contributed by atoms with Gasteiger partial charge in [0.1, 0.15) is 23.4 Å². The number of amides is 2. The van der Waals surface area contributed by atoms with Crippen molar-refractivity contribution in [3.05, 3.63) is 99.0 Å². The number of piperidine rings is 1. The van der Waals surface area contributed by atoms with E-state index in [9.17, 15) is 19.1 Å². The van der Waals surface area contributed by atoms with Gasteiger partial charge in [0.2, 0.25) is 0 Å². The molecule has 0 radical (unpaired) electrons. The fourth-order valence-corrected chi connectivity index (χ4v) is 6.91. The molecule has 0 spiro atoms. The van der Waals surface area contributed by atoms with Crippen LogP contribution in [0.15, 0.2) is 60.1 Å². The normalized spacial score (nSPS) is 16.4. The van der Waals surface area contributed by atoms with Crippen molar-refractivity contribution < 1.29 is 23.5 Å². The highest BCUT2D eigenvalue weighted by atomic mass is 35.5. The molecule has 11 heteroatoms. The van der Waals surface area contributed by atoms with E-state index in [1.54, 1.807) is 5.38 Å². The van der Waals surface area contributed by atoms with Gasteiger partial charge in [-0.15, -0.1) is 11.3 Å². The predicted octanol–water partition coefficient (Wildman–Crippen LogP) is 6.98. The van der Waals surface area contributed by atoms with Gasteiger partial charge in [-0.2, -0.15) is 0 Å². The minimum absolute atomic E-state index is 0.0287. The third-order valence-corrected chi connectivity index (χ3v) is 9.44. The number of likely N-dealkylation sites (tertiary alicyclic amines) is 1. The number of phenols is 1. The molecule has 0 saturated carbocycles. The first-order valence-corrected chi connectivity index (χ1v) is 15.3. The van der Waals surface area contributed by atoms with Crippen molar-refractivity contribution in [2.45, 2.75) is 38.3 Å². The molecule has 2 aliphatic heterocycles. The quantitative estimate of drug-likeness (QED) is 0.232. The van der Waals surface area contributed by atoms with Crippen LogP contribution in [0.1, 0.15) is 58.8 Å². The summed E-state index contributed by atoms with van der Waals surface area (Å²) in [7, 11) is 0. The molecule has 3 aromatic carbocycles. The second kappa shape index (κ2) is 12.0. The van der Waals surface area contributed by atoms with Gasteiger partial charge in [-0.3, -0.25) is 14.9 Å². The highest BCUT2D eigenvalue weighted by Crippen LogP contribution is 2.43. The molecular formula is C32H29ClF2N4O3S. The molecule has 0 unspecified atom stereocenters. The number of fused-ring (bicyclic) bond motifs is 1. The molecule has 2 aliphatic rings. The summed E-state index contributed by atoms with van der Waals surface area (Å²) >= 11 is 7.96. The van der Waals surface area contributed by atoms with Crippen LogP contribution in [0.2, 0.25) is 5.02 Å². The zero-order valence-electron chi connectivity index (χ0n) is 23.3. The van der Waals surface area contributed by atoms with Crippen LogP contribution in [0.25, 0.3) is 11.1 Å². The fraction of sp³-hybridized carbons (Fsp3) is 0.281. The van der Waals surface area contributed by atoms with E-state index in [1.165, 1.54) is 17.8 Å². The van der Waals surface area contributed by atoms with Crippen LogP contribution in [0, 0.1) is 11.6 Å². The van der Waals surface area contributed by atoms with Crippen molar-refractivity contribution in [3.63, 3.8) is 0 Å². The summed E-state index contributed by atoms with van der Waals surface area (Å²) in [5, 5.41) is 15.2. The largest absolute Gasteiger partial charge is 0.508 e. The number of hydrogen-bond acceptors (Lipinski definition) is 6. The number of halogens is 3. The number of rotatable bonds is 7. The standard InChI is InChI=1S/C32H29ClF2N4O3S/c1-2-38-12-9-19(10-13-38)18-3-5-20(6-4-18)22-16-25(35)24-17-39(31(42)27(24)28(22)33)29(23-15-21(34)7-8-26(23)40)30(41)37-32-36-11-14-43-32/h3-8,11,14-16,19,29,40H,2,9-10,12-13,17H2,1H3,(H,36,37,41)/t29-/m1/s1. The Morgan fingerprint density at radius 1 is 1.16 bits per heavy atom. The molecule has 1 saturated heterocycles. The Morgan fingerprint density at radius 3 is 2.58 bits per heavy atom. The summed E-state index contributed by atoms with van der Waals surface area (Å²) in [5.41, 5.74) is 2.05. The van der Waals surface area contributed by atoms with Gasteiger partial charge in [0.25, 0.3) is 11.8 Å². The maximum Gasteiger partial charge on any atom is 0.257 e. The molecule has 2 N–H and O–H groups in total. The van der Waals surface area contributed by atoms with E-state index in [0.717, 1.165) is 66.9 Å². The number of nitrogens with one attached hydrogen (secondary N) is 1. The average Bonchev–Trinajstić information content (AvgIpc) is 3.65. The Labute approximate surface area is 256 Å². The molecule has 0 bridgehead atoms. The van der Waals surface area contributed by atoms with Crippen LogP contribution in [0.3, 0.4) is 0 Å². The van der Waals surface area contributed by atoms with Crippen molar-refractivity contribution in [2.75, 3.05) is 25.0 Å². The van der Waals surface area contributed by atoms with Gasteiger partial charge >= 0.3 is 0 Å². The second-order valence-electron chi connectivity index (χ2n) is 10.8. The molecule has 2 amide bonds. The van der Waals surface area contributed by atoms with Gasteiger partial charge in [-0.25, -0.2) is 13.8 Å². The van der Waals surface area contributed by atoms with Crippen LogP contribution in [-0.4, -0.2) is 51.3 Å². The van der Waals surface area contributed by atoms with E-state index in [0.29, 0.717) is 17.0 Å². The van der Waals surface area contributed by atoms with Crippen molar-refractivity contribution in [1.29, 1.82) is 0 Å². The Kier molecular flexibility index (Phi) is 8.17. The number of phenolic OH excluding ortho intramolecular Hbond substituents is 1. The monoisotopic (exact) mass is 622 g/mol. The van der Waals surface area contributed by atoms with E-state index in [4.69, 9.17) is 11.6 Å². The summed E-state index contributed by atoms with van der Waals surface area (Å²) in [6.07, 6.45) is 3.64. The van der Waals surface area contributed by atoms with Crippen molar-refractivity contribution in [3.8, 4) is 16.9 Å². The Balaban J connectivity index is 1.33. The van der Waals surface area contributed by atoms with E-state index in [1.807, 2.05) is 24.3 Å². The molecule has 1 fully saturated rings. The van der Waals surface area contributed by atoms with Crippen molar-refractivity contribution in [2.24, 2.45) is 0 Å². The molecule has 6 rings (SSSR count). The van der Waals surface area contributed by atoms with E-state index in [2.05, 4.69) is 22.1 Å². The van der Waals surface area contributed by atoms with Crippen LogP contribution in [0.5, 0.6) is 5.75 Å². The molecule has 7 nitrogen and oxygen atoms in total. The highest BCUT2D eigenvalue weighted by molar-refractivity contribution is 7.13. The number of anilines is 1. The second-order valence-corrected chi connectivity index (χ2v) is 12.0. The lowest BCUT2D eigenvalue weighted by molar-refractivity contribution is -0.120. The van der Waals surface area contributed by atoms with Crippen LogP contribution >= 0.6 is 22.9 Å². The Bertz CT molecular complexity index is 1680. The zero-order valence-corrected chi connectivity index (χ0v) is 24.9. The minimum atomic E-state index is -1.49. The number of nitrogens with zero attached hydrogens (tertiary/aromatic N) is 3. The molecule has 222 valence electrons. The first-order chi connectivity index (χ1) is 20.7. The van der Waals surface area contributed by atoms with Crippen molar-refractivity contribution >= 4 is 39.9 Å². The summed E-state index contributed by atoms with van der Waals surface area (Å²) in [5.74, 6) is -2.75. The van der Waals surface area contributed by atoms with Gasteiger partial charge in [0.15, 0.2) is 5.13 Å². The lowest BCUT2D eigenvalue weighted by Gasteiger charge is -2.31. The average molecular weight is 623 g/mol. The minimum Gasteiger partial charge on any atom is -0.508 e. The van der Waals surface area contributed by atoms with E-state index in [-0.39, 0.29) is 33.4 Å². The summed E-state index contributed by atoms with van der Waals surface area (Å²) in [6, 6.07) is 10.8. The van der Waals surface area contributed by atoms with Gasteiger partial charge in [0.05, 0.1) is 17.1 Å². The number of carbonyl (C=O) groups excluding carboxylic acids is 2. The maximum absolute atomic E-state index is 15.7. The molecule has 0 aliphatic carbocycles. The zero-order chi connectivity index (χ0) is 30.2. The summed E-state index contributed by atoms with van der Waals surface area (Å²) in [4.78, 5) is 35.0. The molecular weight excluding hydrogens is 594 g/mol. The van der Waals surface area contributed by atoms with E-state index >= 15 is 4.39 Å². The van der Waals surface area contributed by atoms with Gasteiger partial charge in [-0.05, 0) is 73.8 Å². The molecule has 43 heavy (non-hydrogen) atoms. The van der Waals surface area contributed by atoms with E-state index < -0.39 is 35.2 Å². The van der Waals surface area contributed by atoms with Gasteiger partial charge in [0, 0.05) is 28.3 Å². The maximum atomic E-state index is 15.7. The van der Waals surface area contributed by atoms with Crippen molar-refractivity contribution in [1.82, 2.24) is 14.8 Å². The third-order valence-electron chi connectivity index (χ3n) is 8.35. The number of aromatic hydroxyl groups is 1. The fourth-order valence-electron chi connectivity index (χ4n) is 6.02. The third kappa shape index (κ3) is 5.62. The summed E-state index contributed by atoms with van der Waals surface area (Å²) in [6.45, 7) is 5.02. The Morgan fingerprint density at radius 2 is 1.91 bits per heavy atom.